The Hall–Kier alpha value is -2.77. The number of carbonyl (C=O) groups excluding carboxylic acids is 1. The molecule has 3 nitrogen and oxygen atoms in total. The summed E-state index contributed by atoms with van der Waals surface area (Å²) in [6, 6.07) is 13.7. The molecule has 1 unspecified atom stereocenters. The van der Waals surface area contributed by atoms with Crippen LogP contribution in [0.2, 0.25) is 0 Å². The number of fused-ring (bicyclic) bond motifs is 1. The second-order valence-corrected chi connectivity index (χ2v) is 5.78. The molecule has 3 rings (SSSR count). The first-order valence-corrected chi connectivity index (χ1v) is 7.68. The van der Waals surface area contributed by atoms with E-state index in [1.54, 1.807) is 24.3 Å². The molecule has 0 N–H and O–H groups in total. The van der Waals surface area contributed by atoms with Gasteiger partial charge in [-0.15, -0.1) is 0 Å². The van der Waals surface area contributed by atoms with Gasteiger partial charge in [0.25, 0.3) is 0 Å². The average molecular weight is 321 g/mol. The fraction of sp³-hybridized carbons (Fsp3) is 0.200. The minimum atomic E-state index is -0.810. The predicted molar refractivity (Wildman–Crippen MR) is 87.6 cm³/mol. The number of halogens is 1. The van der Waals surface area contributed by atoms with Gasteiger partial charge in [0.15, 0.2) is 5.78 Å². The standard InChI is InChI=1S/C20H16FNO2/c1-2-18(23)9-10-20(16-4-6-17(21)7-5-16)19-8-3-14(12-22)11-15(19)13-24-20/h2-8,11H,1,9-10,13H2. The van der Waals surface area contributed by atoms with Crippen molar-refractivity contribution in [3.05, 3.63) is 83.2 Å². The zero-order chi connectivity index (χ0) is 17.2. The van der Waals surface area contributed by atoms with Gasteiger partial charge in [0, 0.05) is 6.42 Å². The molecule has 0 bridgehead atoms. The highest BCUT2D eigenvalue weighted by Gasteiger charge is 2.41. The van der Waals surface area contributed by atoms with Crippen LogP contribution in [0.25, 0.3) is 0 Å². The van der Waals surface area contributed by atoms with Gasteiger partial charge >= 0.3 is 0 Å². The zero-order valence-electron chi connectivity index (χ0n) is 13.1. The number of carbonyl (C=O) groups is 1. The largest absolute Gasteiger partial charge is 0.361 e. The first-order valence-electron chi connectivity index (χ1n) is 7.68. The second-order valence-electron chi connectivity index (χ2n) is 5.78. The Morgan fingerprint density at radius 2 is 2.08 bits per heavy atom. The molecule has 1 heterocycles. The summed E-state index contributed by atoms with van der Waals surface area (Å²) in [5, 5.41) is 9.07. The van der Waals surface area contributed by atoms with Crippen LogP contribution in [0.4, 0.5) is 4.39 Å². The van der Waals surface area contributed by atoms with Crippen molar-refractivity contribution in [2.24, 2.45) is 0 Å². The van der Waals surface area contributed by atoms with Crippen LogP contribution in [0.3, 0.4) is 0 Å². The van der Waals surface area contributed by atoms with Crippen molar-refractivity contribution in [2.45, 2.75) is 25.0 Å². The van der Waals surface area contributed by atoms with Gasteiger partial charge in [-0.3, -0.25) is 4.79 Å². The Labute approximate surface area is 140 Å². The number of benzene rings is 2. The Bertz CT molecular complexity index is 836. The highest BCUT2D eigenvalue weighted by Crippen LogP contribution is 2.45. The fourth-order valence-electron chi connectivity index (χ4n) is 3.17. The van der Waals surface area contributed by atoms with E-state index >= 15 is 0 Å². The lowest BCUT2D eigenvalue weighted by Crippen LogP contribution is -2.28. The smallest absolute Gasteiger partial charge is 0.155 e. The lowest BCUT2D eigenvalue weighted by atomic mass is 9.81. The first kappa shape index (κ1) is 16.1. The lowest BCUT2D eigenvalue weighted by Gasteiger charge is -2.30. The van der Waals surface area contributed by atoms with Gasteiger partial charge in [-0.1, -0.05) is 24.8 Å². The van der Waals surface area contributed by atoms with Crippen molar-refractivity contribution in [3.8, 4) is 6.07 Å². The first-order chi connectivity index (χ1) is 11.6. The van der Waals surface area contributed by atoms with Crippen molar-refractivity contribution < 1.29 is 13.9 Å². The number of nitriles is 1. The molecule has 24 heavy (non-hydrogen) atoms. The van der Waals surface area contributed by atoms with Gasteiger partial charge in [0.1, 0.15) is 11.4 Å². The third-order valence-electron chi connectivity index (χ3n) is 4.41. The maximum absolute atomic E-state index is 13.3. The van der Waals surface area contributed by atoms with Gasteiger partial charge in [-0.2, -0.15) is 5.26 Å². The summed E-state index contributed by atoms with van der Waals surface area (Å²) in [6.07, 6.45) is 2.01. The van der Waals surface area contributed by atoms with E-state index < -0.39 is 5.60 Å². The number of allylic oxidation sites excluding steroid dienone is 1. The van der Waals surface area contributed by atoms with Gasteiger partial charge in [0.05, 0.1) is 18.2 Å². The number of ketones is 1. The van der Waals surface area contributed by atoms with Crippen LogP contribution in [0.5, 0.6) is 0 Å². The van der Waals surface area contributed by atoms with E-state index in [0.717, 1.165) is 16.7 Å². The van der Waals surface area contributed by atoms with Crippen LogP contribution in [0.1, 0.15) is 35.1 Å². The van der Waals surface area contributed by atoms with Crippen molar-refractivity contribution in [1.29, 1.82) is 5.26 Å². The van der Waals surface area contributed by atoms with E-state index in [4.69, 9.17) is 10.00 Å². The molecular formula is C20H16FNO2. The summed E-state index contributed by atoms with van der Waals surface area (Å²) < 4.78 is 19.4. The number of nitrogens with zero attached hydrogens (tertiary/aromatic N) is 1. The van der Waals surface area contributed by atoms with Crippen LogP contribution in [0.15, 0.2) is 55.1 Å². The molecule has 4 heteroatoms. The molecular weight excluding hydrogens is 305 g/mol. The summed E-state index contributed by atoms with van der Waals surface area (Å²) in [7, 11) is 0. The van der Waals surface area contributed by atoms with Crippen LogP contribution in [-0.4, -0.2) is 5.78 Å². The van der Waals surface area contributed by atoms with E-state index in [-0.39, 0.29) is 18.0 Å². The average Bonchev–Trinajstić information content (AvgIpc) is 2.99. The molecule has 0 fully saturated rings. The van der Waals surface area contributed by atoms with Crippen molar-refractivity contribution in [2.75, 3.05) is 0 Å². The second kappa shape index (κ2) is 6.38. The molecule has 0 saturated heterocycles. The van der Waals surface area contributed by atoms with Crippen molar-refractivity contribution in [3.63, 3.8) is 0 Å². The summed E-state index contributed by atoms with van der Waals surface area (Å²) >= 11 is 0. The molecule has 0 amide bonds. The lowest BCUT2D eigenvalue weighted by molar-refractivity contribution is -0.116. The number of rotatable bonds is 5. The molecule has 1 atom stereocenters. The van der Waals surface area contributed by atoms with Crippen LogP contribution >= 0.6 is 0 Å². The van der Waals surface area contributed by atoms with Crippen LogP contribution in [-0.2, 0) is 21.7 Å². The van der Waals surface area contributed by atoms with E-state index in [2.05, 4.69) is 12.6 Å². The number of hydrogen-bond donors (Lipinski definition) is 0. The Balaban J connectivity index is 2.08. The van der Waals surface area contributed by atoms with Crippen molar-refractivity contribution in [1.82, 2.24) is 0 Å². The molecule has 2 aromatic carbocycles. The minimum absolute atomic E-state index is 0.0674. The highest BCUT2D eigenvalue weighted by molar-refractivity contribution is 5.89. The molecule has 120 valence electrons. The van der Waals surface area contributed by atoms with E-state index in [1.807, 2.05) is 6.07 Å². The quantitative estimate of drug-likeness (QED) is 0.782. The molecule has 0 aromatic heterocycles. The molecule has 2 aromatic rings. The zero-order valence-corrected chi connectivity index (χ0v) is 13.1. The molecule has 1 aliphatic rings. The summed E-state index contributed by atoms with van der Waals surface area (Å²) in [5.41, 5.74) is 2.39. The van der Waals surface area contributed by atoms with E-state index in [9.17, 15) is 9.18 Å². The van der Waals surface area contributed by atoms with Gasteiger partial charge in [0.2, 0.25) is 0 Å². The number of ether oxygens (including phenoxy) is 1. The van der Waals surface area contributed by atoms with Gasteiger partial charge < -0.3 is 4.74 Å². The molecule has 0 aliphatic carbocycles. The van der Waals surface area contributed by atoms with E-state index in [1.165, 1.54) is 18.2 Å². The van der Waals surface area contributed by atoms with Gasteiger partial charge in [-0.05, 0) is 53.5 Å². The Morgan fingerprint density at radius 1 is 1.33 bits per heavy atom. The molecule has 0 radical (unpaired) electrons. The van der Waals surface area contributed by atoms with Crippen LogP contribution in [0, 0.1) is 17.1 Å². The maximum Gasteiger partial charge on any atom is 0.155 e. The fourth-order valence-corrected chi connectivity index (χ4v) is 3.17. The van der Waals surface area contributed by atoms with Gasteiger partial charge in [-0.25, -0.2) is 4.39 Å². The maximum atomic E-state index is 13.3. The summed E-state index contributed by atoms with van der Waals surface area (Å²) in [4.78, 5) is 11.7. The molecule has 0 spiro atoms. The Kier molecular flexibility index (Phi) is 4.28. The topological polar surface area (TPSA) is 50.1 Å². The SMILES string of the molecule is C=CC(=O)CCC1(c2ccc(F)cc2)OCc2cc(C#N)ccc21. The highest BCUT2D eigenvalue weighted by atomic mass is 19.1. The normalized spacial score (nSPS) is 18.7. The summed E-state index contributed by atoms with van der Waals surface area (Å²) in [6.45, 7) is 3.86. The third-order valence-corrected chi connectivity index (χ3v) is 4.41. The number of hydrogen-bond acceptors (Lipinski definition) is 3. The van der Waals surface area contributed by atoms with E-state index in [0.29, 0.717) is 18.6 Å². The molecule has 0 saturated carbocycles. The minimum Gasteiger partial charge on any atom is -0.361 e. The Morgan fingerprint density at radius 3 is 2.75 bits per heavy atom. The third kappa shape index (κ3) is 2.75. The summed E-state index contributed by atoms with van der Waals surface area (Å²) in [5.74, 6) is -0.392. The van der Waals surface area contributed by atoms with Crippen molar-refractivity contribution >= 4 is 5.78 Å². The molecule has 1 aliphatic heterocycles. The monoisotopic (exact) mass is 321 g/mol. The van der Waals surface area contributed by atoms with Crippen LogP contribution < -0.4 is 0 Å². The predicted octanol–water partition coefficient (Wildman–Crippen LogP) is 4.01.